The van der Waals surface area contributed by atoms with Crippen molar-refractivity contribution in [2.24, 2.45) is 0 Å². The summed E-state index contributed by atoms with van der Waals surface area (Å²) >= 11 is 6.65. The average molecular weight is 208 g/mol. The molecular weight excluding hydrogens is 186 g/mol. The van der Waals surface area contributed by atoms with E-state index in [1.807, 2.05) is 0 Å². The van der Waals surface area contributed by atoms with Crippen molar-refractivity contribution in [3.8, 4) is 0 Å². The lowest BCUT2D eigenvalue weighted by Crippen LogP contribution is -2.51. The molecule has 1 nitrogen and oxygen atoms in total. The zero-order valence-electron chi connectivity index (χ0n) is 8.95. The molecule has 3 heteroatoms. The SMILES string of the molecule is CCN[Si](Cl)(C(C)C)C(C)CC. The molecule has 0 spiro atoms. The van der Waals surface area contributed by atoms with Crippen LogP contribution in [0.15, 0.2) is 0 Å². The molecule has 0 aromatic rings. The highest BCUT2D eigenvalue weighted by Crippen LogP contribution is 2.35. The second kappa shape index (κ2) is 5.25. The monoisotopic (exact) mass is 207 g/mol. The highest BCUT2D eigenvalue weighted by Gasteiger charge is 2.39. The lowest BCUT2D eigenvalue weighted by molar-refractivity contribution is 0.769. The van der Waals surface area contributed by atoms with Gasteiger partial charge in [0.15, 0.2) is 0 Å². The molecule has 0 heterocycles. The Morgan fingerprint density at radius 3 is 2.00 bits per heavy atom. The third-order valence-electron chi connectivity index (χ3n) is 2.62. The Balaban J connectivity index is 4.37. The Hall–Kier alpha value is 0.467. The van der Waals surface area contributed by atoms with Crippen molar-refractivity contribution in [1.29, 1.82) is 0 Å². The van der Waals surface area contributed by atoms with Crippen LogP contribution in [-0.4, -0.2) is 14.1 Å². The third-order valence-corrected chi connectivity index (χ3v) is 9.86. The van der Waals surface area contributed by atoms with Crippen molar-refractivity contribution in [3.63, 3.8) is 0 Å². The van der Waals surface area contributed by atoms with Crippen LogP contribution in [0.1, 0.15) is 41.0 Å². The molecule has 12 heavy (non-hydrogen) atoms. The molecule has 2 atom stereocenters. The lowest BCUT2D eigenvalue weighted by atomic mass is 10.4. The van der Waals surface area contributed by atoms with Gasteiger partial charge in [-0.15, -0.1) is 11.1 Å². The topological polar surface area (TPSA) is 12.0 Å². The van der Waals surface area contributed by atoms with Crippen LogP contribution in [-0.2, 0) is 0 Å². The van der Waals surface area contributed by atoms with Crippen LogP contribution in [0, 0.1) is 0 Å². The number of hydrogen-bond acceptors (Lipinski definition) is 1. The molecule has 0 aliphatic heterocycles. The molecule has 0 aromatic carbocycles. The van der Waals surface area contributed by atoms with Crippen molar-refractivity contribution in [2.75, 3.05) is 6.54 Å². The van der Waals surface area contributed by atoms with Crippen LogP contribution < -0.4 is 4.98 Å². The van der Waals surface area contributed by atoms with Gasteiger partial charge in [0.2, 0.25) is 7.55 Å². The number of hydrogen-bond donors (Lipinski definition) is 1. The van der Waals surface area contributed by atoms with Gasteiger partial charge in [0.05, 0.1) is 0 Å². The molecule has 74 valence electrons. The molecule has 0 saturated carbocycles. The van der Waals surface area contributed by atoms with Crippen molar-refractivity contribution in [3.05, 3.63) is 0 Å². The lowest BCUT2D eigenvalue weighted by Gasteiger charge is -2.34. The summed E-state index contributed by atoms with van der Waals surface area (Å²) < 4.78 is 0. The number of nitrogens with one attached hydrogen (secondary N) is 1. The Labute approximate surface area is 82.7 Å². The van der Waals surface area contributed by atoms with Gasteiger partial charge in [0.1, 0.15) is 0 Å². The van der Waals surface area contributed by atoms with Gasteiger partial charge in [-0.05, 0) is 17.6 Å². The first-order valence-corrected chi connectivity index (χ1v) is 8.09. The van der Waals surface area contributed by atoms with E-state index in [-0.39, 0.29) is 0 Å². The molecule has 2 unspecified atom stereocenters. The van der Waals surface area contributed by atoms with E-state index in [2.05, 4.69) is 39.6 Å². The van der Waals surface area contributed by atoms with Crippen molar-refractivity contribution in [1.82, 2.24) is 4.98 Å². The van der Waals surface area contributed by atoms with Crippen LogP contribution in [0.4, 0.5) is 0 Å². The van der Waals surface area contributed by atoms with Crippen molar-refractivity contribution >= 4 is 18.6 Å². The predicted molar refractivity (Wildman–Crippen MR) is 60.1 cm³/mol. The van der Waals surface area contributed by atoms with E-state index in [9.17, 15) is 0 Å². The summed E-state index contributed by atoms with van der Waals surface area (Å²) in [6.07, 6.45) is 1.18. The third kappa shape index (κ3) is 2.75. The Bertz CT molecular complexity index is 130. The van der Waals surface area contributed by atoms with Crippen LogP contribution in [0.5, 0.6) is 0 Å². The minimum absolute atomic E-state index is 0.606. The Kier molecular flexibility index (Phi) is 5.46. The minimum atomic E-state index is -1.71. The molecule has 0 aromatic heterocycles. The van der Waals surface area contributed by atoms with E-state index >= 15 is 0 Å². The van der Waals surface area contributed by atoms with Gasteiger partial charge < -0.3 is 4.98 Å². The second-order valence-corrected chi connectivity index (χ2v) is 9.67. The predicted octanol–water partition coefficient (Wildman–Crippen LogP) is 3.49. The molecule has 0 rings (SSSR count). The van der Waals surface area contributed by atoms with Crippen LogP contribution in [0.25, 0.3) is 0 Å². The summed E-state index contributed by atoms with van der Waals surface area (Å²) in [7, 11) is -1.71. The van der Waals surface area contributed by atoms with Gasteiger partial charge >= 0.3 is 0 Å². The fourth-order valence-corrected chi connectivity index (χ4v) is 5.41. The molecular formula is C9H22ClNSi. The van der Waals surface area contributed by atoms with E-state index in [4.69, 9.17) is 11.1 Å². The second-order valence-electron chi connectivity index (χ2n) is 3.76. The minimum Gasteiger partial charge on any atom is -0.325 e. The standard InChI is InChI=1S/C9H22ClNSi/c1-6-9(5)12(10,8(3)4)11-7-2/h8-9,11H,6-7H2,1-5H3. The van der Waals surface area contributed by atoms with Gasteiger partial charge in [-0.25, -0.2) is 0 Å². The van der Waals surface area contributed by atoms with Gasteiger partial charge in [-0.1, -0.05) is 41.0 Å². The zero-order chi connectivity index (χ0) is 9.78. The Morgan fingerprint density at radius 2 is 1.75 bits per heavy atom. The quantitative estimate of drug-likeness (QED) is 0.538. The number of rotatable bonds is 5. The molecule has 0 aliphatic carbocycles. The van der Waals surface area contributed by atoms with Gasteiger partial charge in [-0.2, -0.15) is 0 Å². The van der Waals surface area contributed by atoms with E-state index < -0.39 is 7.55 Å². The van der Waals surface area contributed by atoms with E-state index in [1.54, 1.807) is 0 Å². The molecule has 0 aliphatic rings. The molecule has 1 N–H and O–H groups in total. The molecule has 0 amide bonds. The van der Waals surface area contributed by atoms with Gasteiger partial charge in [-0.3, -0.25) is 0 Å². The van der Waals surface area contributed by atoms with Crippen LogP contribution in [0.2, 0.25) is 11.1 Å². The average Bonchev–Trinajstić information content (AvgIpc) is 2.03. The molecule has 0 radical (unpaired) electrons. The molecule has 0 saturated heterocycles. The largest absolute Gasteiger partial charge is 0.325 e. The van der Waals surface area contributed by atoms with Gasteiger partial charge in [0, 0.05) is 0 Å². The van der Waals surface area contributed by atoms with Crippen molar-refractivity contribution in [2.45, 2.75) is 52.1 Å². The van der Waals surface area contributed by atoms with E-state index in [1.165, 1.54) is 6.42 Å². The first-order valence-electron chi connectivity index (χ1n) is 4.92. The van der Waals surface area contributed by atoms with Gasteiger partial charge in [0.25, 0.3) is 0 Å². The van der Waals surface area contributed by atoms with E-state index in [0.717, 1.165) is 6.54 Å². The summed E-state index contributed by atoms with van der Waals surface area (Å²) in [5.41, 5.74) is 1.26. The first-order chi connectivity index (χ1) is 5.49. The maximum atomic E-state index is 6.65. The Morgan fingerprint density at radius 1 is 1.25 bits per heavy atom. The summed E-state index contributed by atoms with van der Waals surface area (Å²) in [5, 5.41) is 0. The molecule has 0 fully saturated rings. The fraction of sp³-hybridized carbons (Fsp3) is 1.00. The molecule has 0 bridgehead atoms. The van der Waals surface area contributed by atoms with E-state index in [0.29, 0.717) is 11.1 Å². The van der Waals surface area contributed by atoms with Crippen LogP contribution in [0.3, 0.4) is 0 Å². The van der Waals surface area contributed by atoms with Crippen molar-refractivity contribution < 1.29 is 0 Å². The highest BCUT2D eigenvalue weighted by molar-refractivity contribution is 7.20. The normalized spacial score (nSPS) is 19.2. The summed E-state index contributed by atoms with van der Waals surface area (Å²) in [5.74, 6) is 0. The fourth-order valence-electron chi connectivity index (χ4n) is 1.52. The summed E-state index contributed by atoms with van der Waals surface area (Å²) in [6, 6.07) is 0. The summed E-state index contributed by atoms with van der Waals surface area (Å²) in [6.45, 7) is 12.1. The van der Waals surface area contributed by atoms with Crippen LogP contribution >= 0.6 is 11.1 Å². The zero-order valence-corrected chi connectivity index (χ0v) is 10.7. The first kappa shape index (κ1) is 12.5. The number of halogens is 1. The maximum absolute atomic E-state index is 6.65. The maximum Gasteiger partial charge on any atom is 0.231 e. The smallest absolute Gasteiger partial charge is 0.231 e. The highest BCUT2D eigenvalue weighted by atomic mass is 35.6. The summed E-state index contributed by atoms with van der Waals surface area (Å²) in [4.78, 5) is 3.51.